The van der Waals surface area contributed by atoms with E-state index in [1.165, 1.54) is 0 Å². The number of aromatic nitrogens is 5. The third kappa shape index (κ3) is 3.81. The molecule has 0 N–H and O–H groups in total. The molecule has 34 heavy (non-hydrogen) atoms. The first kappa shape index (κ1) is 21.2. The van der Waals surface area contributed by atoms with E-state index in [1.807, 2.05) is 41.7 Å². The molecular formula is C26H26N6OS. The Balaban J connectivity index is 1.39. The van der Waals surface area contributed by atoms with Gasteiger partial charge in [-0.3, -0.25) is 9.78 Å². The first-order chi connectivity index (χ1) is 16.7. The fourth-order valence-electron chi connectivity index (χ4n) is 4.88. The van der Waals surface area contributed by atoms with Gasteiger partial charge in [0.05, 0.1) is 34.1 Å². The quantitative estimate of drug-likeness (QED) is 0.394. The number of amides is 1. The van der Waals surface area contributed by atoms with Gasteiger partial charge in [0.15, 0.2) is 0 Å². The standard InChI is InChI=1S/C26H26N6OS/c1-17-14-28-26(30-23(17)22-8-5-13-34-22)32-24(18-9-10-18)20(16-29-32)25(33)31-12-3-2-7-21(31)19-6-4-11-27-15-19/h4-6,8,11,13-16,18,21H,2-3,7,9-10,12H2,1H3/t21-/m0/s1. The summed E-state index contributed by atoms with van der Waals surface area (Å²) in [5.74, 6) is 0.892. The predicted molar refractivity (Wildman–Crippen MR) is 131 cm³/mol. The van der Waals surface area contributed by atoms with Crippen molar-refractivity contribution in [2.75, 3.05) is 6.54 Å². The number of likely N-dealkylation sites (tertiary alicyclic amines) is 1. The number of rotatable bonds is 5. The molecule has 172 valence electrons. The number of piperidine rings is 1. The number of nitrogens with zero attached hydrogens (tertiary/aromatic N) is 6. The molecule has 2 fully saturated rings. The van der Waals surface area contributed by atoms with Crippen molar-refractivity contribution in [1.29, 1.82) is 0 Å². The van der Waals surface area contributed by atoms with Crippen LogP contribution in [0.5, 0.6) is 0 Å². The minimum atomic E-state index is 0.0476. The van der Waals surface area contributed by atoms with Crippen LogP contribution in [0.15, 0.2) is 54.4 Å². The summed E-state index contributed by atoms with van der Waals surface area (Å²) in [4.78, 5) is 30.8. The summed E-state index contributed by atoms with van der Waals surface area (Å²) in [5, 5.41) is 6.70. The van der Waals surface area contributed by atoms with Crippen LogP contribution in [0.3, 0.4) is 0 Å². The van der Waals surface area contributed by atoms with Crippen LogP contribution < -0.4 is 0 Å². The highest BCUT2D eigenvalue weighted by molar-refractivity contribution is 7.13. The van der Waals surface area contributed by atoms with Gasteiger partial charge in [0.2, 0.25) is 0 Å². The first-order valence-electron chi connectivity index (χ1n) is 11.9. The molecule has 1 atom stereocenters. The summed E-state index contributed by atoms with van der Waals surface area (Å²) in [5.41, 5.74) is 4.66. The van der Waals surface area contributed by atoms with Gasteiger partial charge in [-0.05, 0) is 67.7 Å². The molecule has 7 nitrogen and oxygen atoms in total. The molecule has 0 radical (unpaired) electrons. The second-order valence-electron chi connectivity index (χ2n) is 9.10. The van der Waals surface area contributed by atoms with Crippen molar-refractivity contribution < 1.29 is 4.79 Å². The van der Waals surface area contributed by atoms with Crippen LogP contribution in [0.1, 0.15) is 71.2 Å². The lowest BCUT2D eigenvalue weighted by Gasteiger charge is -2.36. The number of aryl methyl sites for hydroxylation is 1. The minimum Gasteiger partial charge on any atom is -0.331 e. The average molecular weight is 471 g/mol. The summed E-state index contributed by atoms with van der Waals surface area (Å²) in [7, 11) is 0. The van der Waals surface area contributed by atoms with E-state index in [4.69, 9.17) is 4.98 Å². The van der Waals surface area contributed by atoms with Gasteiger partial charge >= 0.3 is 0 Å². The second-order valence-corrected chi connectivity index (χ2v) is 10.1. The Labute approximate surface area is 202 Å². The van der Waals surface area contributed by atoms with Crippen molar-refractivity contribution in [3.05, 3.63) is 76.8 Å². The van der Waals surface area contributed by atoms with Crippen molar-refractivity contribution in [3.8, 4) is 16.5 Å². The molecule has 0 unspecified atom stereocenters. The van der Waals surface area contributed by atoms with Crippen LogP contribution in [0.25, 0.3) is 16.5 Å². The number of carbonyl (C=O) groups is 1. The Morgan fingerprint density at radius 1 is 1.09 bits per heavy atom. The molecule has 4 aromatic heterocycles. The van der Waals surface area contributed by atoms with E-state index in [-0.39, 0.29) is 11.9 Å². The van der Waals surface area contributed by atoms with E-state index < -0.39 is 0 Å². The maximum Gasteiger partial charge on any atom is 0.257 e. The number of thiophene rings is 1. The molecule has 6 rings (SSSR count). The highest BCUT2D eigenvalue weighted by Gasteiger charge is 2.37. The van der Waals surface area contributed by atoms with E-state index in [2.05, 4.69) is 27.2 Å². The molecule has 1 aliphatic carbocycles. The van der Waals surface area contributed by atoms with Crippen LogP contribution >= 0.6 is 11.3 Å². The Morgan fingerprint density at radius 2 is 2.00 bits per heavy atom. The summed E-state index contributed by atoms with van der Waals surface area (Å²) >= 11 is 1.66. The fraction of sp³-hybridized carbons (Fsp3) is 0.346. The van der Waals surface area contributed by atoms with E-state index in [9.17, 15) is 4.79 Å². The van der Waals surface area contributed by atoms with Gasteiger partial charge in [-0.2, -0.15) is 5.10 Å². The van der Waals surface area contributed by atoms with Gasteiger partial charge in [-0.15, -0.1) is 11.3 Å². The Hall–Kier alpha value is -3.39. The van der Waals surface area contributed by atoms with Crippen molar-refractivity contribution in [2.24, 2.45) is 0 Å². The normalized spacial score (nSPS) is 18.3. The molecule has 5 heterocycles. The number of hydrogen-bond donors (Lipinski definition) is 0. The number of pyridine rings is 1. The van der Waals surface area contributed by atoms with Crippen molar-refractivity contribution in [3.63, 3.8) is 0 Å². The highest BCUT2D eigenvalue weighted by atomic mass is 32.1. The molecule has 4 aromatic rings. The van der Waals surface area contributed by atoms with Crippen LogP contribution in [-0.4, -0.2) is 42.1 Å². The summed E-state index contributed by atoms with van der Waals surface area (Å²) in [6.45, 7) is 2.77. The topological polar surface area (TPSA) is 76.8 Å². The van der Waals surface area contributed by atoms with Crippen molar-refractivity contribution in [1.82, 2.24) is 29.6 Å². The zero-order valence-corrected chi connectivity index (χ0v) is 19.9. The molecule has 8 heteroatoms. The third-order valence-corrected chi connectivity index (χ3v) is 7.61. The molecule has 1 amide bonds. The van der Waals surface area contributed by atoms with Gasteiger partial charge < -0.3 is 4.90 Å². The average Bonchev–Trinajstić information content (AvgIpc) is 3.39. The lowest BCUT2D eigenvalue weighted by Crippen LogP contribution is -2.38. The monoisotopic (exact) mass is 470 g/mol. The van der Waals surface area contributed by atoms with Crippen LogP contribution in [0.2, 0.25) is 0 Å². The molecule has 0 bridgehead atoms. The largest absolute Gasteiger partial charge is 0.331 e. The van der Waals surface area contributed by atoms with Gasteiger partial charge in [0.1, 0.15) is 0 Å². The summed E-state index contributed by atoms with van der Waals surface area (Å²) in [6.07, 6.45) is 12.4. The Bertz CT molecular complexity index is 1310. The van der Waals surface area contributed by atoms with Gasteiger partial charge in [-0.25, -0.2) is 14.6 Å². The minimum absolute atomic E-state index is 0.0476. The molecule has 0 aromatic carbocycles. The van der Waals surface area contributed by atoms with E-state index in [0.29, 0.717) is 17.4 Å². The summed E-state index contributed by atoms with van der Waals surface area (Å²) < 4.78 is 1.80. The molecule has 0 spiro atoms. The Kier molecular flexibility index (Phi) is 5.45. The fourth-order valence-corrected chi connectivity index (χ4v) is 5.66. The SMILES string of the molecule is Cc1cnc(-n2ncc(C(=O)N3CCCC[C@H]3c3cccnc3)c2C2CC2)nc1-c1cccs1. The maximum atomic E-state index is 13.9. The smallest absolute Gasteiger partial charge is 0.257 e. The molecule has 1 saturated heterocycles. The van der Waals surface area contributed by atoms with Crippen LogP contribution in [0, 0.1) is 6.92 Å². The van der Waals surface area contributed by atoms with Crippen LogP contribution in [-0.2, 0) is 0 Å². The van der Waals surface area contributed by atoms with Crippen LogP contribution in [0.4, 0.5) is 0 Å². The predicted octanol–water partition coefficient (Wildman–Crippen LogP) is 5.34. The van der Waals surface area contributed by atoms with E-state index in [0.717, 1.165) is 66.0 Å². The first-order valence-corrected chi connectivity index (χ1v) is 12.8. The maximum absolute atomic E-state index is 13.9. The summed E-state index contributed by atoms with van der Waals surface area (Å²) in [6, 6.07) is 8.16. The highest BCUT2D eigenvalue weighted by Crippen LogP contribution is 2.43. The van der Waals surface area contributed by atoms with Crippen molar-refractivity contribution >= 4 is 17.2 Å². The van der Waals surface area contributed by atoms with E-state index >= 15 is 0 Å². The molecule has 1 saturated carbocycles. The number of hydrogen-bond acceptors (Lipinski definition) is 6. The van der Waals surface area contributed by atoms with Gasteiger partial charge in [0, 0.05) is 31.1 Å². The third-order valence-electron chi connectivity index (χ3n) is 6.74. The van der Waals surface area contributed by atoms with E-state index in [1.54, 1.807) is 28.4 Å². The van der Waals surface area contributed by atoms with Crippen molar-refractivity contribution in [2.45, 2.75) is 51.0 Å². The molecule has 1 aliphatic heterocycles. The lowest BCUT2D eigenvalue weighted by molar-refractivity contribution is 0.0610. The Morgan fingerprint density at radius 3 is 2.76 bits per heavy atom. The molecular weight excluding hydrogens is 444 g/mol. The lowest BCUT2D eigenvalue weighted by atomic mass is 9.95. The zero-order chi connectivity index (χ0) is 23.1. The zero-order valence-electron chi connectivity index (χ0n) is 19.1. The second kappa shape index (κ2) is 8.76. The van der Waals surface area contributed by atoms with Gasteiger partial charge in [0.25, 0.3) is 11.9 Å². The molecule has 2 aliphatic rings. The van der Waals surface area contributed by atoms with Gasteiger partial charge in [-0.1, -0.05) is 12.1 Å². The number of carbonyl (C=O) groups excluding carboxylic acids is 1.